The first kappa shape index (κ1) is 18.7. The lowest BCUT2D eigenvalue weighted by atomic mass is 9.95. The van der Waals surface area contributed by atoms with Gasteiger partial charge in [0.2, 0.25) is 0 Å². The molecule has 0 saturated carbocycles. The third kappa shape index (κ3) is 5.12. The maximum Gasteiger partial charge on any atom is 0.368 e. The Bertz CT molecular complexity index is 483. The standard InChI is InChI=1S/C14H20NO6P/c1-10(2)12(14(18,13(16)17)20-21-22-19)15-9-8-11-6-4-3-5-7-11/h3-7,10,12,15,18H,8-9H2,1-2H3,(H,16,17). The summed E-state index contributed by atoms with van der Waals surface area (Å²) >= 11 is 0. The Morgan fingerprint density at radius 1 is 1.36 bits per heavy atom. The van der Waals surface area contributed by atoms with Crippen molar-refractivity contribution in [2.24, 2.45) is 5.92 Å². The molecule has 0 heterocycles. The summed E-state index contributed by atoms with van der Waals surface area (Å²) in [5.74, 6) is -4.53. The molecule has 1 aromatic rings. The zero-order valence-corrected chi connectivity index (χ0v) is 13.3. The predicted octanol–water partition coefficient (Wildman–Crippen LogP) is 1.77. The highest BCUT2D eigenvalue weighted by molar-refractivity contribution is 7.17. The van der Waals surface area contributed by atoms with Gasteiger partial charge >= 0.3 is 20.4 Å². The highest BCUT2D eigenvalue weighted by atomic mass is 31.1. The van der Waals surface area contributed by atoms with Crippen molar-refractivity contribution in [3.05, 3.63) is 35.9 Å². The highest BCUT2D eigenvalue weighted by Crippen LogP contribution is 2.22. The van der Waals surface area contributed by atoms with E-state index in [1.54, 1.807) is 13.8 Å². The number of carboxylic acid groups (broad SMARTS) is 1. The van der Waals surface area contributed by atoms with Gasteiger partial charge in [0.25, 0.3) is 0 Å². The Labute approximate surface area is 130 Å². The molecule has 1 aromatic carbocycles. The molecular formula is C14H20NO6P. The Kier molecular flexibility index (Phi) is 7.58. The molecule has 2 atom stereocenters. The summed E-state index contributed by atoms with van der Waals surface area (Å²) in [6, 6.07) is 8.68. The lowest BCUT2D eigenvalue weighted by Gasteiger charge is -2.33. The first-order chi connectivity index (χ1) is 10.4. The number of hydrogen-bond donors (Lipinski definition) is 3. The van der Waals surface area contributed by atoms with Crippen molar-refractivity contribution in [3.63, 3.8) is 0 Å². The first-order valence-corrected chi connectivity index (χ1v) is 7.55. The lowest BCUT2D eigenvalue weighted by molar-refractivity contribution is -0.362. The first-order valence-electron chi connectivity index (χ1n) is 6.82. The van der Waals surface area contributed by atoms with Crippen LogP contribution >= 0.6 is 8.69 Å². The average Bonchev–Trinajstić information content (AvgIpc) is 2.49. The van der Waals surface area contributed by atoms with Crippen LogP contribution in [-0.2, 0) is 25.3 Å². The van der Waals surface area contributed by atoms with E-state index in [4.69, 9.17) is 0 Å². The van der Waals surface area contributed by atoms with Crippen LogP contribution in [0.4, 0.5) is 0 Å². The number of aliphatic carboxylic acids is 1. The second kappa shape index (κ2) is 8.92. The molecule has 8 heteroatoms. The van der Waals surface area contributed by atoms with Gasteiger partial charge in [0, 0.05) is 0 Å². The third-order valence-electron chi connectivity index (χ3n) is 3.21. The molecule has 0 fully saturated rings. The van der Waals surface area contributed by atoms with Crippen LogP contribution in [0, 0.1) is 5.92 Å². The van der Waals surface area contributed by atoms with Crippen LogP contribution in [0.25, 0.3) is 0 Å². The van der Waals surface area contributed by atoms with Gasteiger partial charge in [0.1, 0.15) is 0 Å². The number of rotatable bonds is 10. The molecule has 0 aromatic heterocycles. The molecular weight excluding hydrogens is 309 g/mol. The molecule has 1 rings (SSSR count). The van der Waals surface area contributed by atoms with Crippen molar-refractivity contribution < 1.29 is 29.1 Å². The van der Waals surface area contributed by atoms with Gasteiger partial charge in [-0.15, -0.1) is 4.67 Å². The number of carboxylic acids is 1. The van der Waals surface area contributed by atoms with Gasteiger partial charge < -0.3 is 15.5 Å². The Balaban J connectivity index is 2.73. The van der Waals surface area contributed by atoms with Crippen molar-refractivity contribution in [2.45, 2.75) is 32.1 Å². The fourth-order valence-corrected chi connectivity index (χ4v) is 2.28. The van der Waals surface area contributed by atoms with Gasteiger partial charge in [-0.1, -0.05) is 44.2 Å². The molecule has 0 bridgehead atoms. The summed E-state index contributed by atoms with van der Waals surface area (Å²) in [5.41, 5.74) is 1.08. The number of nitrogens with one attached hydrogen (secondary N) is 1. The zero-order valence-electron chi connectivity index (χ0n) is 12.4. The summed E-state index contributed by atoms with van der Waals surface area (Å²) in [7, 11) is -0.880. The van der Waals surface area contributed by atoms with E-state index >= 15 is 0 Å². The van der Waals surface area contributed by atoms with Crippen LogP contribution in [0.1, 0.15) is 19.4 Å². The van der Waals surface area contributed by atoms with E-state index in [1.807, 2.05) is 30.3 Å². The molecule has 2 unspecified atom stereocenters. The summed E-state index contributed by atoms with van der Waals surface area (Å²) in [6.45, 7) is 3.89. The number of benzene rings is 1. The SMILES string of the molecule is CC(C)C(NCCc1ccccc1)C(O)(OOP=O)C(=O)O. The second-order valence-electron chi connectivity index (χ2n) is 5.15. The molecule has 0 spiro atoms. The van der Waals surface area contributed by atoms with Crippen LogP contribution in [0.3, 0.4) is 0 Å². The van der Waals surface area contributed by atoms with Gasteiger partial charge in [0.15, 0.2) is 0 Å². The molecule has 122 valence electrons. The molecule has 7 nitrogen and oxygen atoms in total. The molecule has 3 N–H and O–H groups in total. The van der Waals surface area contributed by atoms with Crippen LogP contribution in [0.2, 0.25) is 0 Å². The van der Waals surface area contributed by atoms with E-state index < -0.39 is 26.5 Å². The van der Waals surface area contributed by atoms with Crippen molar-refractivity contribution >= 4 is 14.7 Å². The van der Waals surface area contributed by atoms with Crippen LogP contribution < -0.4 is 5.32 Å². The Hall–Kier alpha value is -1.37. The van der Waals surface area contributed by atoms with E-state index in [-0.39, 0.29) is 5.92 Å². The van der Waals surface area contributed by atoms with E-state index in [9.17, 15) is 19.6 Å². The van der Waals surface area contributed by atoms with Gasteiger partial charge in [-0.05, 0) is 24.4 Å². The third-order valence-corrected chi connectivity index (χ3v) is 3.35. The normalized spacial score (nSPS) is 15.6. The fraction of sp³-hybridized carbons (Fsp3) is 0.500. The summed E-state index contributed by atoms with van der Waals surface area (Å²) in [5, 5.41) is 22.3. The molecule has 0 aliphatic rings. The van der Waals surface area contributed by atoms with E-state index in [0.717, 1.165) is 5.56 Å². The summed E-state index contributed by atoms with van der Waals surface area (Å²) < 4.78 is 14.4. The summed E-state index contributed by atoms with van der Waals surface area (Å²) in [4.78, 5) is 15.7. The average molecular weight is 329 g/mol. The van der Waals surface area contributed by atoms with Gasteiger partial charge in [-0.3, -0.25) is 0 Å². The minimum absolute atomic E-state index is 0.274. The highest BCUT2D eigenvalue weighted by Gasteiger charge is 2.49. The Morgan fingerprint density at radius 2 is 2.00 bits per heavy atom. The van der Waals surface area contributed by atoms with Gasteiger partial charge in [-0.25, -0.2) is 9.36 Å². The Morgan fingerprint density at radius 3 is 2.50 bits per heavy atom. The quantitative estimate of drug-likeness (QED) is 0.260. The van der Waals surface area contributed by atoms with E-state index in [0.29, 0.717) is 13.0 Å². The van der Waals surface area contributed by atoms with Crippen LogP contribution in [0.15, 0.2) is 30.3 Å². The van der Waals surface area contributed by atoms with E-state index in [2.05, 4.69) is 14.9 Å². The van der Waals surface area contributed by atoms with Gasteiger partial charge in [-0.2, -0.15) is 4.89 Å². The van der Waals surface area contributed by atoms with Crippen LogP contribution in [0.5, 0.6) is 0 Å². The maximum absolute atomic E-state index is 11.3. The van der Waals surface area contributed by atoms with Gasteiger partial charge in [0.05, 0.1) is 6.04 Å². The molecule has 0 aliphatic carbocycles. The predicted molar refractivity (Wildman–Crippen MR) is 79.1 cm³/mol. The molecule has 0 aliphatic heterocycles. The summed E-state index contributed by atoms with van der Waals surface area (Å²) in [6.07, 6.45) is 0.653. The number of carbonyl (C=O) groups is 1. The smallest absolute Gasteiger partial charge is 0.368 e. The molecule has 0 radical (unpaired) electrons. The van der Waals surface area contributed by atoms with Crippen molar-refractivity contribution in [1.29, 1.82) is 0 Å². The van der Waals surface area contributed by atoms with E-state index in [1.165, 1.54) is 0 Å². The largest absolute Gasteiger partial charge is 0.477 e. The zero-order chi connectivity index (χ0) is 16.6. The fourth-order valence-electron chi connectivity index (χ4n) is 2.14. The minimum Gasteiger partial charge on any atom is -0.477 e. The molecule has 22 heavy (non-hydrogen) atoms. The topological polar surface area (TPSA) is 105 Å². The molecule has 0 saturated heterocycles. The van der Waals surface area contributed by atoms with Crippen molar-refractivity contribution in [2.75, 3.05) is 6.54 Å². The number of hydrogen-bond acceptors (Lipinski definition) is 6. The number of aliphatic hydroxyl groups is 1. The van der Waals surface area contributed by atoms with Crippen LogP contribution in [-0.4, -0.2) is 34.6 Å². The second-order valence-corrected chi connectivity index (χ2v) is 5.44. The van der Waals surface area contributed by atoms with Crippen molar-refractivity contribution in [1.82, 2.24) is 5.32 Å². The maximum atomic E-state index is 11.3. The lowest BCUT2D eigenvalue weighted by Crippen LogP contribution is -2.60. The van der Waals surface area contributed by atoms with Crippen molar-refractivity contribution in [3.8, 4) is 0 Å². The minimum atomic E-state index is -2.64. The monoisotopic (exact) mass is 329 g/mol. The molecule has 0 amide bonds.